The van der Waals surface area contributed by atoms with Crippen molar-refractivity contribution in [3.05, 3.63) is 96.2 Å². The largest absolute Gasteiger partial charge is 0.491 e. The van der Waals surface area contributed by atoms with Gasteiger partial charge in [-0.1, -0.05) is 50.3 Å². The average Bonchev–Trinajstić information content (AvgIpc) is 3.43. The maximum atomic E-state index is 10.2. The number of H-pyrrole nitrogens is 1. The summed E-state index contributed by atoms with van der Waals surface area (Å²) in [6.07, 6.45) is 8.33. The molecular weight excluding hydrogens is 568 g/mol. The van der Waals surface area contributed by atoms with E-state index in [4.69, 9.17) is 22.1 Å². The molecule has 4 aromatic rings. The van der Waals surface area contributed by atoms with Gasteiger partial charge in [-0.05, 0) is 98.9 Å². The number of ether oxygens (including phenoxy) is 1. The van der Waals surface area contributed by atoms with E-state index in [1.54, 1.807) is 12.1 Å². The summed E-state index contributed by atoms with van der Waals surface area (Å²) in [5.41, 5.74) is 6.60. The molecule has 5 rings (SSSR count). The summed E-state index contributed by atoms with van der Waals surface area (Å²) in [4.78, 5) is 16.2. The van der Waals surface area contributed by atoms with Crippen LogP contribution in [0.4, 0.5) is 11.4 Å². The molecule has 0 unspecified atom stereocenters. The highest BCUT2D eigenvalue weighted by molar-refractivity contribution is 7.80. The monoisotopic (exact) mass is 612 g/mol. The molecule has 0 amide bonds. The Morgan fingerprint density at radius 2 is 1.68 bits per heavy atom. The van der Waals surface area contributed by atoms with Crippen LogP contribution in [-0.2, 0) is 11.2 Å². The predicted octanol–water partition coefficient (Wildman–Crippen LogP) is 8.36. The number of hydrogen-bond donors (Lipinski definition) is 4. The molecule has 0 aliphatic carbocycles. The quantitative estimate of drug-likeness (QED) is 0.134. The van der Waals surface area contributed by atoms with Gasteiger partial charge in [0.2, 0.25) is 0 Å². The third kappa shape index (κ3) is 9.43. The third-order valence-corrected chi connectivity index (χ3v) is 7.87. The highest BCUT2D eigenvalue weighted by atomic mass is 32.1. The third-order valence-electron chi connectivity index (χ3n) is 7.67. The summed E-state index contributed by atoms with van der Waals surface area (Å²) in [7, 11) is 0. The molecule has 44 heavy (non-hydrogen) atoms. The molecule has 8 heteroatoms. The van der Waals surface area contributed by atoms with Crippen molar-refractivity contribution in [2.24, 2.45) is 0 Å². The number of anilines is 2. The highest BCUT2D eigenvalue weighted by Gasteiger charge is 2.20. The van der Waals surface area contributed by atoms with E-state index in [1.165, 1.54) is 29.4 Å². The fraction of sp³-hybridized carbons (Fsp3) is 0.333. The maximum absolute atomic E-state index is 10.2. The summed E-state index contributed by atoms with van der Waals surface area (Å²) in [6.45, 7) is 10.8. The van der Waals surface area contributed by atoms with Crippen molar-refractivity contribution in [3.63, 3.8) is 0 Å². The van der Waals surface area contributed by atoms with Crippen LogP contribution in [0.25, 0.3) is 16.5 Å². The number of carbonyl (C=O) groups is 1. The zero-order chi connectivity index (χ0) is 31.5. The number of rotatable bonds is 10. The van der Waals surface area contributed by atoms with Crippen molar-refractivity contribution >= 4 is 51.2 Å². The van der Waals surface area contributed by atoms with Crippen LogP contribution in [-0.4, -0.2) is 51.3 Å². The van der Waals surface area contributed by atoms with Crippen LogP contribution < -0.4 is 15.4 Å². The second kappa shape index (κ2) is 16.1. The van der Waals surface area contributed by atoms with Gasteiger partial charge >= 0.3 is 5.97 Å². The van der Waals surface area contributed by atoms with E-state index < -0.39 is 5.97 Å². The van der Waals surface area contributed by atoms with E-state index in [9.17, 15) is 4.79 Å². The van der Waals surface area contributed by atoms with Crippen molar-refractivity contribution in [3.8, 4) is 5.75 Å². The molecule has 1 aliphatic rings. The normalized spacial score (nSPS) is 13.3. The van der Waals surface area contributed by atoms with Gasteiger partial charge < -0.3 is 25.5 Å². The number of carboxylic acid groups (broad SMARTS) is 1. The molecule has 0 fully saturated rings. The van der Waals surface area contributed by atoms with E-state index in [1.807, 2.05) is 56.3 Å². The number of thiocarbonyl (C=S) groups is 1. The molecule has 4 N–H and O–H groups in total. The standard InChI is InChI=1S/C28H36N4OS.C8H8O2/c1-5-23(6-2)32-15-13-20(14-16-32)26-18-29-27-12-9-22(17-25(26)27)31-28(34)30-21-7-10-24(11-8-21)33-19(3)4;9-8(10)6-7-4-2-1-3-5-7/h7-13,17-19,23,29H,5-6,14-16H2,1-4H3,(H2,30,31,34);1-5H,6H2,(H,9,10). The number of nitrogens with one attached hydrogen (secondary N) is 3. The molecule has 1 aliphatic heterocycles. The maximum Gasteiger partial charge on any atom is 0.307 e. The summed E-state index contributed by atoms with van der Waals surface area (Å²) in [5.74, 6) is 0.0658. The Morgan fingerprint density at radius 1 is 1.00 bits per heavy atom. The second-order valence-corrected chi connectivity index (χ2v) is 11.6. The van der Waals surface area contributed by atoms with Gasteiger partial charge in [0.15, 0.2) is 5.11 Å². The van der Waals surface area contributed by atoms with Crippen LogP contribution in [0, 0.1) is 0 Å². The fourth-order valence-electron chi connectivity index (χ4n) is 5.48. The second-order valence-electron chi connectivity index (χ2n) is 11.2. The topological polar surface area (TPSA) is 89.6 Å². The summed E-state index contributed by atoms with van der Waals surface area (Å²) in [5, 5.41) is 16.7. The van der Waals surface area contributed by atoms with E-state index in [-0.39, 0.29) is 12.5 Å². The smallest absolute Gasteiger partial charge is 0.307 e. The van der Waals surface area contributed by atoms with Crippen molar-refractivity contribution in [2.75, 3.05) is 23.7 Å². The number of benzene rings is 3. The first-order chi connectivity index (χ1) is 21.2. The van der Waals surface area contributed by atoms with Crippen LogP contribution in [0.3, 0.4) is 0 Å². The number of nitrogens with zero attached hydrogens (tertiary/aromatic N) is 1. The highest BCUT2D eigenvalue weighted by Crippen LogP contribution is 2.32. The molecule has 0 saturated heterocycles. The molecule has 0 radical (unpaired) electrons. The molecule has 3 aromatic carbocycles. The minimum Gasteiger partial charge on any atom is -0.491 e. The van der Waals surface area contributed by atoms with E-state index in [0.717, 1.165) is 47.7 Å². The Kier molecular flexibility index (Phi) is 12.0. The molecule has 1 aromatic heterocycles. The average molecular weight is 613 g/mol. The van der Waals surface area contributed by atoms with Crippen LogP contribution in [0.1, 0.15) is 58.1 Å². The number of aromatic amines is 1. The summed E-state index contributed by atoms with van der Waals surface area (Å²) >= 11 is 5.56. The Balaban J connectivity index is 0.000000375. The molecule has 232 valence electrons. The number of fused-ring (bicyclic) bond motifs is 1. The van der Waals surface area contributed by atoms with Gasteiger partial charge in [-0.2, -0.15) is 0 Å². The van der Waals surface area contributed by atoms with Crippen molar-refractivity contribution in [2.45, 2.75) is 65.5 Å². The van der Waals surface area contributed by atoms with Crippen LogP contribution in [0.2, 0.25) is 0 Å². The zero-order valence-corrected chi connectivity index (χ0v) is 26.9. The number of aromatic nitrogens is 1. The first kappa shape index (κ1) is 32.8. The molecule has 0 bridgehead atoms. The summed E-state index contributed by atoms with van der Waals surface area (Å²) in [6, 6.07) is 24.0. The van der Waals surface area contributed by atoms with Gasteiger partial charge in [0, 0.05) is 53.2 Å². The summed E-state index contributed by atoms with van der Waals surface area (Å²) < 4.78 is 5.71. The minimum absolute atomic E-state index is 0.112. The first-order valence-electron chi connectivity index (χ1n) is 15.4. The molecule has 2 heterocycles. The molecule has 0 atom stereocenters. The number of aliphatic carboxylic acids is 1. The van der Waals surface area contributed by atoms with Crippen LogP contribution in [0.5, 0.6) is 5.75 Å². The van der Waals surface area contributed by atoms with Gasteiger partial charge in [0.05, 0.1) is 12.5 Å². The lowest BCUT2D eigenvalue weighted by Crippen LogP contribution is -2.37. The Hall–Kier alpha value is -4.14. The van der Waals surface area contributed by atoms with E-state index in [0.29, 0.717) is 11.2 Å². The fourth-order valence-corrected chi connectivity index (χ4v) is 5.72. The van der Waals surface area contributed by atoms with Gasteiger partial charge in [0.25, 0.3) is 0 Å². The number of hydrogen-bond acceptors (Lipinski definition) is 4. The Bertz CT molecular complexity index is 1540. The predicted molar refractivity (Wildman–Crippen MR) is 187 cm³/mol. The van der Waals surface area contributed by atoms with E-state index >= 15 is 0 Å². The van der Waals surface area contributed by atoms with Gasteiger partial charge in [-0.3, -0.25) is 9.69 Å². The van der Waals surface area contributed by atoms with Crippen LogP contribution in [0.15, 0.2) is 85.1 Å². The lowest BCUT2D eigenvalue weighted by Gasteiger charge is -2.33. The lowest BCUT2D eigenvalue weighted by molar-refractivity contribution is -0.136. The molecule has 7 nitrogen and oxygen atoms in total. The lowest BCUT2D eigenvalue weighted by atomic mass is 9.97. The Morgan fingerprint density at radius 3 is 2.30 bits per heavy atom. The van der Waals surface area contributed by atoms with Gasteiger partial charge in [0.1, 0.15) is 5.75 Å². The molecular formula is C36H44N4O3S. The van der Waals surface area contributed by atoms with E-state index in [2.05, 4.69) is 64.8 Å². The van der Waals surface area contributed by atoms with Crippen molar-refractivity contribution in [1.29, 1.82) is 0 Å². The number of carboxylic acids is 1. The minimum atomic E-state index is -0.786. The first-order valence-corrected chi connectivity index (χ1v) is 15.8. The zero-order valence-electron chi connectivity index (χ0n) is 26.1. The molecule has 0 spiro atoms. The van der Waals surface area contributed by atoms with Crippen LogP contribution >= 0.6 is 12.2 Å². The Labute approximate surface area is 266 Å². The van der Waals surface area contributed by atoms with Crippen molar-refractivity contribution in [1.82, 2.24) is 9.88 Å². The van der Waals surface area contributed by atoms with Gasteiger partial charge in [-0.15, -0.1) is 0 Å². The molecule has 0 saturated carbocycles. The van der Waals surface area contributed by atoms with Crippen molar-refractivity contribution < 1.29 is 14.6 Å². The van der Waals surface area contributed by atoms with Gasteiger partial charge in [-0.25, -0.2) is 0 Å². The SMILES string of the molecule is CCC(CC)N1CC=C(c2c[nH]c3ccc(NC(=S)Nc4ccc(OC(C)C)cc4)cc23)CC1.O=C(O)Cc1ccccc1.